The number of carbonyl (C=O) groups excluding carboxylic acids is 1. The number of carbonyl (C=O) groups is 1. The minimum Gasteiger partial charge on any atom is -0.376 e. The van der Waals surface area contributed by atoms with Crippen LogP contribution < -0.4 is 5.32 Å². The third-order valence-electron chi connectivity index (χ3n) is 5.60. The van der Waals surface area contributed by atoms with E-state index in [0.29, 0.717) is 16.3 Å². The normalized spacial score (nSPS) is 14.9. The van der Waals surface area contributed by atoms with Gasteiger partial charge in [-0.1, -0.05) is 29.8 Å². The van der Waals surface area contributed by atoms with Crippen LogP contribution in [0.5, 0.6) is 0 Å². The average Bonchev–Trinajstić information content (AvgIpc) is 2.99. The number of fused-ring (bicyclic) bond motifs is 2. The smallest absolute Gasteiger partial charge is 0.251 e. The second-order valence-electron chi connectivity index (χ2n) is 7.95. The van der Waals surface area contributed by atoms with Gasteiger partial charge in [-0.15, -0.1) is 0 Å². The number of nitrogens with one attached hydrogen (secondary N) is 1. The number of halogens is 1. The largest absolute Gasteiger partial charge is 0.376 e. The molecule has 5 rings (SSSR count). The maximum atomic E-state index is 12.7. The van der Waals surface area contributed by atoms with Crippen LogP contribution in [-0.4, -0.2) is 36.7 Å². The molecule has 1 aliphatic heterocycles. The van der Waals surface area contributed by atoms with Crippen LogP contribution in [0.4, 0.5) is 0 Å². The fourth-order valence-corrected chi connectivity index (χ4v) is 5.38. The molecular formula is C25H20ClN3O4S. The summed E-state index contributed by atoms with van der Waals surface area (Å²) in [6.07, 6.45) is 1.71. The van der Waals surface area contributed by atoms with Gasteiger partial charge in [0.2, 0.25) is 0 Å². The zero-order valence-electron chi connectivity index (χ0n) is 18.0. The first kappa shape index (κ1) is 22.5. The summed E-state index contributed by atoms with van der Waals surface area (Å²) in [6.45, 7) is 0.520. The number of ether oxygens (including phenoxy) is 1. The fraction of sp³-hybridized carbons (Fsp3) is 0.160. The summed E-state index contributed by atoms with van der Waals surface area (Å²) in [5, 5.41) is 4.32. The van der Waals surface area contributed by atoms with Crippen LogP contribution in [0.2, 0.25) is 5.02 Å². The number of hydrogen-bond donors (Lipinski definition) is 1. The van der Waals surface area contributed by atoms with Crippen LogP contribution in [0.3, 0.4) is 0 Å². The summed E-state index contributed by atoms with van der Waals surface area (Å²) in [5.74, 6) is -0.485. The van der Waals surface area contributed by atoms with Crippen molar-refractivity contribution in [2.24, 2.45) is 0 Å². The zero-order chi connectivity index (χ0) is 23.7. The highest BCUT2D eigenvalue weighted by Crippen LogP contribution is 2.25. The van der Waals surface area contributed by atoms with E-state index in [1.165, 1.54) is 6.07 Å². The first-order chi connectivity index (χ1) is 16.4. The van der Waals surface area contributed by atoms with Gasteiger partial charge >= 0.3 is 0 Å². The van der Waals surface area contributed by atoms with Crippen molar-refractivity contribution in [3.63, 3.8) is 0 Å². The number of aromatic nitrogens is 2. The highest BCUT2D eigenvalue weighted by Gasteiger charge is 2.23. The molecule has 0 saturated heterocycles. The average molecular weight is 494 g/mol. The van der Waals surface area contributed by atoms with E-state index in [1.807, 2.05) is 42.5 Å². The summed E-state index contributed by atoms with van der Waals surface area (Å²) in [7, 11) is -3.49. The number of sulfone groups is 1. The Morgan fingerprint density at radius 2 is 1.97 bits per heavy atom. The quantitative estimate of drug-likeness (QED) is 0.458. The van der Waals surface area contributed by atoms with Gasteiger partial charge in [-0.3, -0.25) is 9.78 Å². The van der Waals surface area contributed by atoms with Gasteiger partial charge < -0.3 is 10.1 Å². The maximum Gasteiger partial charge on any atom is 0.251 e. The van der Waals surface area contributed by atoms with Crippen molar-refractivity contribution in [2.45, 2.75) is 18.0 Å². The van der Waals surface area contributed by atoms with Gasteiger partial charge in [0.15, 0.2) is 9.84 Å². The minimum absolute atomic E-state index is 0.101. The molecule has 2 aromatic heterocycles. The van der Waals surface area contributed by atoms with Gasteiger partial charge in [-0.2, -0.15) is 0 Å². The van der Waals surface area contributed by atoms with Crippen molar-refractivity contribution in [1.82, 2.24) is 15.3 Å². The predicted molar refractivity (Wildman–Crippen MR) is 129 cm³/mol. The van der Waals surface area contributed by atoms with Gasteiger partial charge in [-0.05, 0) is 48.0 Å². The molecule has 0 atom stereocenters. The van der Waals surface area contributed by atoms with Crippen molar-refractivity contribution < 1.29 is 17.9 Å². The Bertz CT molecular complexity index is 1520. The Hall–Kier alpha value is -3.33. The topological polar surface area (TPSA) is 98.3 Å². The van der Waals surface area contributed by atoms with E-state index in [4.69, 9.17) is 21.3 Å². The number of hydrogen-bond acceptors (Lipinski definition) is 6. The molecule has 3 heterocycles. The van der Waals surface area contributed by atoms with Crippen LogP contribution in [-0.2, 0) is 27.7 Å². The predicted octanol–water partition coefficient (Wildman–Crippen LogP) is 4.18. The lowest BCUT2D eigenvalue weighted by Crippen LogP contribution is -2.23. The molecule has 4 aromatic rings. The number of rotatable bonds is 4. The molecule has 172 valence electrons. The molecule has 7 nitrogen and oxygen atoms in total. The van der Waals surface area contributed by atoms with Crippen LogP contribution in [0.15, 0.2) is 71.8 Å². The van der Waals surface area contributed by atoms with E-state index in [2.05, 4.69) is 10.3 Å². The first-order valence-electron chi connectivity index (χ1n) is 10.6. The molecule has 34 heavy (non-hydrogen) atoms. The molecule has 0 fully saturated rings. The van der Waals surface area contributed by atoms with Crippen molar-refractivity contribution >= 4 is 38.2 Å². The van der Waals surface area contributed by atoms with Gasteiger partial charge in [0, 0.05) is 27.7 Å². The molecule has 1 N–H and O–H groups in total. The highest BCUT2D eigenvalue weighted by molar-refractivity contribution is 7.91. The molecule has 1 amide bonds. The lowest BCUT2D eigenvalue weighted by Gasteiger charge is -2.10. The Balaban J connectivity index is 1.36. The molecule has 1 aliphatic rings. The second-order valence-corrected chi connectivity index (χ2v) is 10.5. The molecule has 9 heteroatoms. The third-order valence-corrected chi connectivity index (χ3v) is 7.59. The number of nitrogens with zero attached hydrogens (tertiary/aromatic N) is 2. The Labute approximate surface area is 201 Å². The van der Waals surface area contributed by atoms with E-state index in [0.717, 1.165) is 22.2 Å². The Kier molecular flexibility index (Phi) is 6.03. The van der Waals surface area contributed by atoms with E-state index >= 15 is 0 Å². The van der Waals surface area contributed by atoms with Crippen molar-refractivity contribution in [2.75, 3.05) is 12.4 Å². The standard InChI is InChI=1S/C25H20ClN3O4S/c26-20-3-1-2-16(10-20)22-7-6-18-13-27-21(12-23(18)29-22)14-28-25(30)17-4-5-19-15-33-8-9-34(31,32)24(19)11-17/h1-7,10-13H,8-9,14-15H2,(H,28,30). The molecule has 0 radical (unpaired) electrons. The molecule has 0 aliphatic carbocycles. The van der Waals surface area contributed by atoms with E-state index in [1.54, 1.807) is 18.3 Å². The summed E-state index contributed by atoms with van der Waals surface area (Å²) < 4.78 is 30.3. The van der Waals surface area contributed by atoms with Crippen LogP contribution in [0.1, 0.15) is 21.6 Å². The SMILES string of the molecule is O=C(NCc1cc2nc(-c3cccc(Cl)c3)ccc2cn1)c1ccc2c(c1)S(=O)(=O)CCOC2. The lowest BCUT2D eigenvalue weighted by molar-refractivity contribution is 0.0950. The van der Waals surface area contributed by atoms with E-state index in [-0.39, 0.29) is 41.9 Å². The third kappa shape index (κ3) is 4.65. The summed E-state index contributed by atoms with van der Waals surface area (Å²) in [5.41, 5.74) is 3.90. The van der Waals surface area contributed by atoms with Gasteiger partial charge in [0.05, 0.1) is 47.3 Å². The van der Waals surface area contributed by atoms with Gasteiger partial charge in [0.25, 0.3) is 5.91 Å². The Morgan fingerprint density at radius 1 is 1.09 bits per heavy atom. The zero-order valence-corrected chi connectivity index (χ0v) is 19.6. The highest BCUT2D eigenvalue weighted by atomic mass is 35.5. The first-order valence-corrected chi connectivity index (χ1v) is 12.7. The van der Waals surface area contributed by atoms with Gasteiger partial charge in [0.1, 0.15) is 0 Å². The number of amides is 1. The minimum atomic E-state index is -3.49. The van der Waals surface area contributed by atoms with Crippen LogP contribution >= 0.6 is 11.6 Å². The Morgan fingerprint density at radius 3 is 2.82 bits per heavy atom. The van der Waals surface area contributed by atoms with Crippen molar-refractivity contribution in [3.05, 3.63) is 88.7 Å². The van der Waals surface area contributed by atoms with Crippen molar-refractivity contribution in [1.29, 1.82) is 0 Å². The number of benzene rings is 2. The van der Waals surface area contributed by atoms with Crippen LogP contribution in [0.25, 0.3) is 22.2 Å². The second kappa shape index (κ2) is 9.13. The fourth-order valence-electron chi connectivity index (χ4n) is 3.80. The van der Waals surface area contributed by atoms with Crippen molar-refractivity contribution in [3.8, 4) is 11.3 Å². The molecule has 0 unspecified atom stereocenters. The molecule has 2 aromatic carbocycles. The lowest BCUT2D eigenvalue weighted by atomic mass is 10.1. The maximum absolute atomic E-state index is 12.7. The monoisotopic (exact) mass is 493 g/mol. The molecule has 0 spiro atoms. The molecule has 0 saturated carbocycles. The summed E-state index contributed by atoms with van der Waals surface area (Å²) in [6, 6.07) is 17.8. The van der Waals surface area contributed by atoms with Gasteiger partial charge in [-0.25, -0.2) is 13.4 Å². The van der Waals surface area contributed by atoms with Crippen LogP contribution in [0, 0.1) is 0 Å². The summed E-state index contributed by atoms with van der Waals surface area (Å²) >= 11 is 6.10. The number of pyridine rings is 2. The summed E-state index contributed by atoms with van der Waals surface area (Å²) in [4.78, 5) is 22.0. The molecule has 0 bridgehead atoms. The van der Waals surface area contributed by atoms with E-state index in [9.17, 15) is 13.2 Å². The van der Waals surface area contributed by atoms with E-state index < -0.39 is 9.84 Å². The molecular weight excluding hydrogens is 474 g/mol.